The molecule has 4 rings (SSSR count). The molecule has 2 aromatic heterocycles. The lowest BCUT2D eigenvalue weighted by Gasteiger charge is -2.33. The van der Waals surface area contributed by atoms with Crippen LogP contribution in [-0.4, -0.2) is 91.1 Å². The summed E-state index contributed by atoms with van der Waals surface area (Å²) in [6, 6.07) is 7.14. The fourth-order valence-corrected chi connectivity index (χ4v) is 5.92. The standard InChI is InChI=1S/C25H32N6O6S/c1-17-12-20(35-4)13-18(2)23(17)38(33,34)29(3)16-22-27-28-24(37-22)25(32)31-10-8-30(9-11-31)15-19-6-7-21(36-5)26-14-19/h6-7,12-14H,8-11,15-16H2,1-5H3. The molecule has 1 amide bonds. The Hall–Kier alpha value is -3.55. The van der Waals surface area contributed by atoms with E-state index in [-0.39, 0.29) is 29.1 Å². The normalized spacial score (nSPS) is 14.6. The first-order valence-electron chi connectivity index (χ1n) is 12.1. The van der Waals surface area contributed by atoms with Crippen molar-refractivity contribution < 1.29 is 27.1 Å². The van der Waals surface area contributed by atoms with Gasteiger partial charge in [-0.2, -0.15) is 4.31 Å². The van der Waals surface area contributed by atoms with Crippen molar-refractivity contribution in [2.45, 2.75) is 31.8 Å². The van der Waals surface area contributed by atoms with Crippen LogP contribution in [0.25, 0.3) is 0 Å². The second-order valence-electron chi connectivity index (χ2n) is 9.13. The molecule has 1 aliphatic heterocycles. The van der Waals surface area contributed by atoms with Crippen LogP contribution in [0.15, 0.2) is 39.8 Å². The number of nitrogens with zero attached hydrogens (tertiary/aromatic N) is 6. The lowest BCUT2D eigenvalue weighted by molar-refractivity contribution is 0.0587. The fourth-order valence-electron chi connectivity index (χ4n) is 4.40. The third-order valence-electron chi connectivity index (χ3n) is 6.42. The van der Waals surface area contributed by atoms with Gasteiger partial charge in [0.1, 0.15) is 5.75 Å². The van der Waals surface area contributed by atoms with Crippen LogP contribution in [0.1, 0.15) is 33.3 Å². The number of pyridine rings is 1. The van der Waals surface area contributed by atoms with Crippen LogP contribution in [0.4, 0.5) is 0 Å². The summed E-state index contributed by atoms with van der Waals surface area (Å²) >= 11 is 0. The molecular formula is C25H32N6O6S. The summed E-state index contributed by atoms with van der Waals surface area (Å²) < 4.78 is 43.5. The zero-order valence-electron chi connectivity index (χ0n) is 22.2. The summed E-state index contributed by atoms with van der Waals surface area (Å²) in [5, 5.41) is 7.80. The number of piperazine rings is 1. The van der Waals surface area contributed by atoms with Crippen molar-refractivity contribution in [3.8, 4) is 11.6 Å². The van der Waals surface area contributed by atoms with Crippen molar-refractivity contribution in [3.05, 3.63) is 58.9 Å². The van der Waals surface area contributed by atoms with Gasteiger partial charge in [-0.15, -0.1) is 10.2 Å². The fraction of sp³-hybridized carbons (Fsp3) is 0.440. The molecule has 1 aliphatic rings. The van der Waals surface area contributed by atoms with E-state index in [0.717, 1.165) is 16.4 Å². The van der Waals surface area contributed by atoms with Crippen LogP contribution in [0.3, 0.4) is 0 Å². The van der Waals surface area contributed by atoms with E-state index in [1.165, 1.54) is 14.2 Å². The van der Waals surface area contributed by atoms with Crippen LogP contribution in [0.2, 0.25) is 0 Å². The average molecular weight is 545 g/mol. The number of methoxy groups -OCH3 is 2. The number of amides is 1. The Kier molecular flexibility index (Phi) is 8.29. The monoisotopic (exact) mass is 544 g/mol. The molecule has 1 aromatic carbocycles. The molecule has 0 spiro atoms. The average Bonchev–Trinajstić information content (AvgIpc) is 3.37. The largest absolute Gasteiger partial charge is 0.497 e. The smallest absolute Gasteiger partial charge is 0.311 e. The highest BCUT2D eigenvalue weighted by Crippen LogP contribution is 2.28. The lowest BCUT2D eigenvalue weighted by atomic mass is 10.1. The number of hydrogen-bond donors (Lipinski definition) is 0. The van der Waals surface area contributed by atoms with E-state index in [9.17, 15) is 13.2 Å². The maximum absolute atomic E-state index is 13.3. The molecule has 0 atom stereocenters. The van der Waals surface area contributed by atoms with Crippen LogP contribution in [-0.2, 0) is 23.1 Å². The maximum atomic E-state index is 13.3. The van der Waals surface area contributed by atoms with Gasteiger partial charge in [0.15, 0.2) is 0 Å². The van der Waals surface area contributed by atoms with Gasteiger partial charge in [0.25, 0.3) is 0 Å². The highest BCUT2D eigenvalue weighted by molar-refractivity contribution is 7.89. The minimum atomic E-state index is -3.85. The number of benzene rings is 1. The summed E-state index contributed by atoms with van der Waals surface area (Å²) in [4.78, 5) is 21.3. The number of carbonyl (C=O) groups excluding carboxylic acids is 1. The molecule has 3 aromatic rings. The maximum Gasteiger partial charge on any atom is 0.311 e. The van der Waals surface area contributed by atoms with Crippen molar-refractivity contribution in [2.75, 3.05) is 47.4 Å². The molecular weight excluding hydrogens is 512 g/mol. The molecule has 0 radical (unpaired) electrons. The summed E-state index contributed by atoms with van der Waals surface area (Å²) in [5.74, 6) is 0.657. The zero-order valence-corrected chi connectivity index (χ0v) is 23.0. The number of hydrogen-bond acceptors (Lipinski definition) is 10. The van der Waals surface area contributed by atoms with Crippen molar-refractivity contribution >= 4 is 15.9 Å². The van der Waals surface area contributed by atoms with Gasteiger partial charge in [-0.25, -0.2) is 13.4 Å². The molecule has 38 heavy (non-hydrogen) atoms. The minimum Gasteiger partial charge on any atom is -0.497 e. The minimum absolute atomic E-state index is 0.0360. The third kappa shape index (κ3) is 5.95. The quantitative estimate of drug-likeness (QED) is 0.393. The first-order chi connectivity index (χ1) is 18.1. The second-order valence-corrected chi connectivity index (χ2v) is 11.1. The van der Waals surface area contributed by atoms with E-state index in [2.05, 4.69) is 20.1 Å². The summed E-state index contributed by atoms with van der Waals surface area (Å²) in [6.07, 6.45) is 1.78. The molecule has 1 saturated heterocycles. The molecule has 0 bridgehead atoms. The second kappa shape index (κ2) is 11.5. The number of carbonyl (C=O) groups is 1. The first kappa shape index (κ1) is 27.5. The molecule has 0 unspecified atom stereocenters. The highest BCUT2D eigenvalue weighted by atomic mass is 32.2. The highest BCUT2D eigenvalue weighted by Gasteiger charge is 2.29. The molecule has 0 aliphatic carbocycles. The van der Waals surface area contributed by atoms with Crippen molar-refractivity contribution in [3.63, 3.8) is 0 Å². The van der Waals surface area contributed by atoms with Crippen LogP contribution >= 0.6 is 0 Å². The van der Waals surface area contributed by atoms with Gasteiger partial charge in [0.2, 0.25) is 21.8 Å². The van der Waals surface area contributed by atoms with Gasteiger partial charge >= 0.3 is 11.8 Å². The molecule has 3 heterocycles. The first-order valence-corrected chi connectivity index (χ1v) is 13.5. The van der Waals surface area contributed by atoms with E-state index >= 15 is 0 Å². The van der Waals surface area contributed by atoms with Gasteiger partial charge in [0.05, 0.1) is 25.7 Å². The Bertz CT molecular complexity index is 1360. The van der Waals surface area contributed by atoms with E-state index < -0.39 is 10.0 Å². The van der Waals surface area contributed by atoms with E-state index in [0.29, 0.717) is 48.9 Å². The number of aromatic nitrogens is 3. The predicted molar refractivity (Wildman–Crippen MR) is 137 cm³/mol. The molecule has 1 fully saturated rings. The molecule has 12 nitrogen and oxygen atoms in total. The van der Waals surface area contributed by atoms with E-state index in [1.807, 2.05) is 12.1 Å². The van der Waals surface area contributed by atoms with Crippen LogP contribution < -0.4 is 9.47 Å². The van der Waals surface area contributed by atoms with Crippen LogP contribution in [0, 0.1) is 13.8 Å². The molecule has 13 heteroatoms. The van der Waals surface area contributed by atoms with Gasteiger partial charge in [-0.3, -0.25) is 9.69 Å². The Labute approximate surface area is 222 Å². The van der Waals surface area contributed by atoms with E-state index in [4.69, 9.17) is 13.9 Å². The van der Waals surface area contributed by atoms with Gasteiger partial charge in [0, 0.05) is 52.0 Å². The number of sulfonamides is 1. The Morgan fingerprint density at radius 3 is 2.32 bits per heavy atom. The Morgan fingerprint density at radius 1 is 1.05 bits per heavy atom. The summed E-state index contributed by atoms with van der Waals surface area (Å²) in [6.45, 7) is 6.35. The summed E-state index contributed by atoms with van der Waals surface area (Å²) in [7, 11) is 0.688. The van der Waals surface area contributed by atoms with E-state index in [1.54, 1.807) is 44.2 Å². The molecule has 0 N–H and O–H groups in total. The number of aryl methyl sites for hydroxylation is 2. The van der Waals surface area contributed by atoms with Crippen molar-refractivity contribution in [1.82, 2.24) is 29.3 Å². The molecule has 204 valence electrons. The topological polar surface area (TPSA) is 131 Å². The number of ether oxygens (including phenoxy) is 2. The number of rotatable bonds is 9. The predicted octanol–water partition coefficient (Wildman–Crippen LogP) is 1.88. The zero-order chi connectivity index (χ0) is 27.4. The van der Waals surface area contributed by atoms with Gasteiger partial charge in [-0.1, -0.05) is 6.07 Å². The van der Waals surface area contributed by atoms with Crippen LogP contribution in [0.5, 0.6) is 11.6 Å². The Balaban J connectivity index is 1.35. The Morgan fingerprint density at radius 2 is 1.74 bits per heavy atom. The SMILES string of the molecule is COc1cc(C)c(S(=O)(=O)N(C)Cc2nnc(C(=O)N3CCN(Cc4ccc(OC)nc4)CC3)o2)c(C)c1. The molecule has 0 saturated carbocycles. The lowest BCUT2D eigenvalue weighted by Crippen LogP contribution is -2.48. The van der Waals surface area contributed by atoms with Gasteiger partial charge in [-0.05, 0) is 42.7 Å². The third-order valence-corrected chi connectivity index (χ3v) is 8.53. The van der Waals surface area contributed by atoms with Crippen molar-refractivity contribution in [1.29, 1.82) is 0 Å². The van der Waals surface area contributed by atoms with Gasteiger partial charge < -0.3 is 18.8 Å². The van der Waals surface area contributed by atoms with Crippen molar-refractivity contribution in [2.24, 2.45) is 0 Å². The summed E-state index contributed by atoms with van der Waals surface area (Å²) in [5.41, 5.74) is 2.20.